The third-order valence-corrected chi connectivity index (χ3v) is 3.56. The average Bonchev–Trinajstić information content (AvgIpc) is 2.40. The molecule has 0 atom stereocenters. The average molecular weight is 516 g/mol. The van der Waals surface area contributed by atoms with Gasteiger partial charge in [0.15, 0.2) is 0 Å². The summed E-state index contributed by atoms with van der Waals surface area (Å²) in [4.78, 5) is 0. The third kappa shape index (κ3) is 4.06. The van der Waals surface area contributed by atoms with E-state index < -0.39 is 66.7 Å². The van der Waals surface area contributed by atoms with E-state index in [2.05, 4.69) is 0 Å². The van der Waals surface area contributed by atoms with Crippen LogP contribution in [0.1, 0.15) is 6.92 Å². The molecule has 0 aromatic rings. The van der Waals surface area contributed by atoms with Gasteiger partial charge in [-0.25, -0.2) is 0 Å². The SMILES string of the molecule is CC(F)(F)C(F)(F)C(F)(F)C(F)(F)C(F)(F)C(F)(F)C(F)(F)C(C(F)(F)F)C(F)(F)F. The molecule has 0 aromatic heterocycles. The zero-order chi connectivity index (χ0) is 26.1. The lowest BCUT2D eigenvalue weighted by atomic mass is 9.85. The predicted octanol–water partition coefficient (Wildman–Crippen LogP) is 7.19. The number of halogens is 20. The summed E-state index contributed by atoms with van der Waals surface area (Å²) in [5.41, 5.74) is 0. The molecule has 0 spiro atoms. The number of hydrogen-bond donors (Lipinski definition) is 0. The highest BCUT2D eigenvalue weighted by Crippen LogP contribution is 2.65. The number of rotatable bonds is 7. The third-order valence-electron chi connectivity index (χ3n) is 3.56. The van der Waals surface area contributed by atoms with Crippen molar-refractivity contribution in [3.8, 4) is 0 Å². The molecule has 0 nitrogen and oxygen atoms in total. The van der Waals surface area contributed by atoms with Crippen molar-refractivity contribution >= 4 is 0 Å². The number of hydrogen-bond acceptors (Lipinski definition) is 0. The summed E-state index contributed by atoms with van der Waals surface area (Å²) in [6.45, 7) is -1.36. The first kappa shape index (κ1) is 29.6. The van der Waals surface area contributed by atoms with Crippen molar-refractivity contribution in [1.29, 1.82) is 0 Å². The first-order valence-electron chi connectivity index (χ1n) is 6.65. The quantitative estimate of drug-likeness (QED) is 0.315. The van der Waals surface area contributed by atoms with E-state index in [0.29, 0.717) is 0 Å². The van der Waals surface area contributed by atoms with E-state index in [1.54, 1.807) is 0 Å². The van der Waals surface area contributed by atoms with Crippen molar-refractivity contribution in [3.05, 3.63) is 0 Å². The van der Waals surface area contributed by atoms with Gasteiger partial charge in [0.05, 0.1) is 0 Å². The summed E-state index contributed by atoms with van der Waals surface area (Å²) >= 11 is 0. The normalized spacial score (nSPS) is 16.8. The van der Waals surface area contributed by atoms with Crippen LogP contribution in [0.4, 0.5) is 87.8 Å². The molecule has 188 valence electrons. The zero-order valence-electron chi connectivity index (χ0n) is 13.6. The van der Waals surface area contributed by atoms with Crippen molar-refractivity contribution in [2.24, 2.45) is 5.92 Å². The minimum Gasteiger partial charge on any atom is -0.200 e. The van der Waals surface area contributed by atoms with Gasteiger partial charge in [-0.05, 0) is 0 Å². The van der Waals surface area contributed by atoms with Crippen molar-refractivity contribution in [3.63, 3.8) is 0 Å². The van der Waals surface area contributed by atoms with Crippen LogP contribution in [0.15, 0.2) is 0 Å². The van der Waals surface area contributed by atoms with E-state index in [-0.39, 0.29) is 0 Å². The van der Waals surface area contributed by atoms with E-state index in [0.717, 1.165) is 0 Å². The van der Waals surface area contributed by atoms with Gasteiger partial charge in [0.1, 0.15) is 0 Å². The molecule has 0 rings (SSSR count). The summed E-state index contributed by atoms with van der Waals surface area (Å²) < 4.78 is 256. The van der Waals surface area contributed by atoms with Crippen LogP contribution in [0.25, 0.3) is 0 Å². The molecule has 0 unspecified atom stereocenters. The molecule has 0 aliphatic heterocycles. The van der Waals surface area contributed by atoms with E-state index in [9.17, 15) is 87.8 Å². The summed E-state index contributed by atoms with van der Waals surface area (Å²) in [6.07, 6.45) is -15.3. The largest absolute Gasteiger partial charge is 0.406 e. The standard InChI is InChI=1S/C11H4F20/c1-3(12,13)7(22,23)9(26,27)11(30,31)10(28,29)8(24,25)4(14,15)2(5(16,17)18)6(19,20)21/h2H,1H3. The maximum atomic E-state index is 13.3. The molecule has 20 heteroatoms. The minimum absolute atomic E-state index is 1.36. The van der Waals surface area contributed by atoms with Gasteiger partial charge in [-0.1, -0.05) is 0 Å². The van der Waals surface area contributed by atoms with Gasteiger partial charge in [-0.3, -0.25) is 0 Å². The van der Waals surface area contributed by atoms with Gasteiger partial charge in [0.2, 0.25) is 5.92 Å². The Hall–Kier alpha value is -1.40. The first-order chi connectivity index (χ1) is 12.9. The zero-order valence-corrected chi connectivity index (χ0v) is 13.6. The smallest absolute Gasteiger partial charge is 0.200 e. The summed E-state index contributed by atoms with van der Waals surface area (Å²) in [7, 11) is 0. The molecule has 0 N–H and O–H groups in total. The van der Waals surface area contributed by atoms with E-state index in [1.165, 1.54) is 0 Å². The van der Waals surface area contributed by atoms with Crippen LogP contribution in [-0.2, 0) is 0 Å². The molecule has 0 fully saturated rings. The molecule has 0 amide bonds. The van der Waals surface area contributed by atoms with E-state index in [4.69, 9.17) is 0 Å². The van der Waals surface area contributed by atoms with Crippen molar-refractivity contribution < 1.29 is 87.8 Å². The minimum atomic E-state index is -8.88. The van der Waals surface area contributed by atoms with Crippen LogP contribution in [0.5, 0.6) is 0 Å². The summed E-state index contributed by atoms with van der Waals surface area (Å²) in [5.74, 6) is -64.4. The second-order valence-corrected chi connectivity index (χ2v) is 5.90. The van der Waals surface area contributed by atoms with Gasteiger partial charge in [0, 0.05) is 6.92 Å². The molecular formula is C11H4F20. The Bertz CT molecular complexity index is 628. The predicted molar refractivity (Wildman–Crippen MR) is 55.9 cm³/mol. The fourth-order valence-corrected chi connectivity index (χ4v) is 1.85. The molecule has 0 aliphatic rings. The highest BCUT2D eigenvalue weighted by Gasteiger charge is 2.94. The molecule has 0 heterocycles. The Kier molecular flexibility index (Phi) is 6.73. The van der Waals surface area contributed by atoms with E-state index >= 15 is 0 Å². The Labute approximate surface area is 156 Å². The van der Waals surface area contributed by atoms with Crippen LogP contribution >= 0.6 is 0 Å². The molecule has 0 radical (unpaired) electrons. The monoisotopic (exact) mass is 516 g/mol. The Morgan fingerprint density at radius 1 is 0.355 bits per heavy atom. The van der Waals surface area contributed by atoms with Crippen LogP contribution < -0.4 is 0 Å². The molecule has 0 aliphatic carbocycles. The highest BCUT2D eigenvalue weighted by atomic mass is 19.4. The molecule has 0 bridgehead atoms. The maximum Gasteiger partial charge on any atom is 0.406 e. The van der Waals surface area contributed by atoms with Crippen LogP contribution in [0, 0.1) is 5.92 Å². The Morgan fingerprint density at radius 3 is 0.806 bits per heavy atom. The van der Waals surface area contributed by atoms with E-state index in [1.807, 2.05) is 0 Å². The lowest BCUT2D eigenvalue weighted by molar-refractivity contribution is -0.458. The van der Waals surface area contributed by atoms with Crippen molar-refractivity contribution in [2.75, 3.05) is 0 Å². The summed E-state index contributed by atoms with van der Waals surface area (Å²) in [6, 6.07) is 0. The molecular weight excluding hydrogens is 512 g/mol. The van der Waals surface area contributed by atoms with Crippen molar-refractivity contribution in [1.82, 2.24) is 0 Å². The fourth-order valence-electron chi connectivity index (χ4n) is 1.85. The Morgan fingerprint density at radius 2 is 0.581 bits per heavy atom. The van der Waals surface area contributed by atoms with Crippen molar-refractivity contribution in [2.45, 2.75) is 60.7 Å². The first-order valence-corrected chi connectivity index (χ1v) is 6.65. The molecule has 0 saturated carbocycles. The second kappa shape index (κ2) is 7.05. The Balaban J connectivity index is 6.96. The topological polar surface area (TPSA) is 0 Å². The van der Waals surface area contributed by atoms with Gasteiger partial charge < -0.3 is 0 Å². The second-order valence-electron chi connectivity index (χ2n) is 5.90. The maximum absolute atomic E-state index is 13.3. The lowest BCUT2D eigenvalue weighted by Crippen LogP contribution is -2.74. The van der Waals surface area contributed by atoms with Gasteiger partial charge in [0.25, 0.3) is 0 Å². The highest BCUT2D eigenvalue weighted by molar-refractivity contribution is 5.15. The van der Waals surface area contributed by atoms with Gasteiger partial charge >= 0.3 is 53.8 Å². The molecule has 0 saturated heterocycles. The fraction of sp³-hybridized carbons (Fsp3) is 1.00. The van der Waals surface area contributed by atoms with Crippen LogP contribution in [-0.4, -0.2) is 53.8 Å². The van der Waals surface area contributed by atoms with Gasteiger partial charge in [-0.15, -0.1) is 0 Å². The molecule has 0 aromatic carbocycles. The van der Waals surface area contributed by atoms with Crippen LogP contribution in [0.2, 0.25) is 0 Å². The summed E-state index contributed by atoms with van der Waals surface area (Å²) in [5, 5.41) is 0. The number of alkyl halides is 20. The van der Waals surface area contributed by atoms with Gasteiger partial charge in [-0.2, -0.15) is 87.8 Å². The van der Waals surface area contributed by atoms with Crippen LogP contribution in [0.3, 0.4) is 0 Å². The lowest BCUT2D eigenvalue weighted by Gasteiger charge is -2.43. The molecule has 31 heavy (non-hydrogen) atoms.